The van der Waals surface area contributed by atoms with Crippen molar-refractivity contribution in [2.75, 3.05) is 7.11 Å². The van der Waals surface area contributed by atoms with Gasteiger partial charge < -0.3 is 13.9 Å². The van der Waals surface area contributed by atoms with Crippen molar-refractivity contribution in [1.82, 2.24) is 0 Å². The molecular formula is C30H38O5. The topological polar surface area (TPSA) is 65.7 Å². The van der Waals surface area contributed by atoms with Gasteiger partial charge in [0.25, 0.3) is 0 Å². The van der Waals surface area contributed by atoms with Crippen molar-refractivity contribution in [3.63, 3.8) is 0 Å². The summed E-state index contributed by atoms with van der Waals surface area (Å²) in [5, 5.41) is 0. The maximum atomic E-state index is 12.8. The van der Waals surface area contributed by atoms with Crippen LogP contribution in [0.2, 0.25) is 0 Å². The molecule has 5 heteroatoms. The van der Waals surface area contributed by atoms with Crippen LogP contribution in [-0.4, -0.2) is 19.0 Å². The predicted octanol–water partition coefficient (Wildman–Crippen LogP) is 6.83. The third kappa shape index (κ3) is 4.82. The average molecular weight is 479 g/mol. The van der Waals surface area contributed by atoms with E-state index in [1.807, 2.05) is 25.1 Å². The number of rotatable bonds is 7. The van der Waals surface area contributed by atoms with Gasteiger partial charge in [0.05, 0.1) is 24.4 Å². The molecule has 0 amide bonds. The van der Waals surface area contributed by atoms with E-state index >= 15 is 0 Å². The number of carbonyl (C=O) groups is 2. The van der Waals surface area contributed by atoms with Gasteiger partial charge in [0.2, 0.25) is 0 Å². The molecule has 0 radical (unpaired) electrons. The van der Waals surface area contributed by atoms with Crippen LogP contribution in [0.3, 0.4) is 0 Å². The molecule has 0 saturated heterocycles. The van der Waals surface area contributed by atoms with Crippen molar-refractivity contribution >= 4 is 11.9 Å². The van der Waals surface area contributed by atoms with Gasteiger partial charge in [0.1, 0.15) is 12.4 Å². The van der Waals surface area contributed by atoms with E-state index in [-0.39, 0.29) is 29.9 Å². The van der Waals surface area contributed by atoms with Crippen LogP contribution < -0.4 is 0 Å². The number of furan rings is 1. The highest BCUT2D eigenvalue weighted by Gasteiger charge is 2.57. The zero-order valence-electron chi connectivity index (χ0n) is 21.5. The van der Waals surface area contributed by atoms with Crippen LogP contribution in [0.15, 0.2) is 53.2 Å². The van der Waals surface area contributed by atoms with Crippen LogP contribution in [-0.2, 0) is 27.3 Å². The SMILES string of the molecule is C=C1CC[C@H]2[C@](C)(CCC[C@]2(C)C(=O)OC)[C@H]1CCc1ccoc1COC(=O)c1ccc(C)cc1. The molecule has 188 valence electrons. The van der Waals surface area contributed by atoms with Gasteiger partial charge in [-0.15, -0.1) is 0 Å². The van der Waals surface area contributed by atoms with Crippen molar-refractivity contribution in [3.05, 3.63) is 71.2 Å². The molecule has 2 fully saturated rings. The Bertz CT molecular complexity index is 1080. The van der Waals surface area contributed by atoms with Gasteiger partial charge in [-0.3, -0.25) is 4.79 Å². The first-order valence-corrected chi connectivity index (χ1v) is 12.7. The zero-order chi connectivity index (χ0) is 25.2. The monoisotopic (exact) mass is 478 g/mol. The molecule has 5 nitrogen and oxygen atoms in total. The predicted molar refractivity (Wildman–Crippen MR) is 135 cm³/mol. The van der Waals surface area contributed by atoms with E-state index in [4.69, 9.17) is 13.9 Å². The first-order chi connectivity index (χ1) is 16.7. The average Bonchev–Trinajstić information content (AvgIpc) is 3.29. The van der Waals surface area contributed by atoms with E-state index in [0.717, 1.165) is 56.1 Å². The molecule has 0 N–H and O–H groups in total. The van der Waals surface area contributed by atoms with Gasteiger partial charge in [-0.25, -0.2) is 4.79 Å². The summed E-state index contributed by atoms with van der Waals surface area (Å²) in [7, 11) is 1.50. The minimum absolute atomic E-state index is 0.0122. The zero-order valence-corrected chi connectivity index (χ0v) is 21.5. The Morgan fingerprint density at radius 1 is 1.14 bits per heavy atom. The standard InChI is InChI=1S/C30H38O5/c1-20-7-10-23(11-8-20)27(31)35-19-25-22(15-18-34-25)12-13-24-21(2)9-14-26-29(24,3)16-6-17-30(26,4)28(32)33-5/h7-8,10-11,15,18,24,26H,2,6,9,12-14,16-17,19H2,1,3-5H3/t24-,26-,29+,30-/m0/s1. The first-order valence-electron chi connectivity index (χ1n) is 12.7. The molecule has 0 unspecified atom stereocenters. The summed E-state index contributed by atoms with van der Waals surface area (Å²) in [5.41, 5.74) is 3.55. The number of ether oxygens (including phenoxy) is 2. The summed E-state index contributed by atoms with van der Waals surface area (Å²) in [4.78, 5) is 25.2. The van der Waals surface area contributed by atoms with Crippen molar-refractivity contribution in [1.29, 1.82) is 0 Å². The number of hydrogen-bond donors (Lipinski definition) is 0. The minimum Gasteiger partial charge on any atom is -0.469 e. The lowest BCUT2D eigenvalue weighted by molar-refractivity contribution is -0.168. The number of allylic oxidation sites excluding steroid dienone is 1. The second kappa shape index (κ2) is 10.0. The van der Waals surface area contributed by atoms with Crippen molar-refractivity contribution in [2.24, 2.45) is 22.7 Å². The molecule has 0 spiro atoms. The smallest absolute Gasteiger partial charge is 0.338 e. The summed E-state index contributed by atoms with van der Waals surface area (Å²) < 4.78 is 16.5. The van der Waals surface area contributed by atoms with Gasteiger partial charge >= 0.3 is 11.9 Å². The van der Waals surface area contributed by atoms with Gasteiger partial charge in [0.15, 0.2) is 0 Å². The Morgan fingerprint density at radius 2 is 1.89 bits per heavy atom. The van der Waals surface area contributed by atoms with E-state index in [1.165, 1.54) is 12.7 Å². The molecule has 1 aromatic carbocycles. The molecular weight excluding hydrogens is 440 g/mol. The van der Waals surface area contributed by atoms with Crippen molar-refractivity contribution in [3.8, 4) is 0 Å². The Morgan fingerprint density at radius 3 is 2.60 bits per heavy atom. The Balaban J connectivity index is 1.44. The molecule has 2 saturated carbocycles. The quantitative estimate of drug-likeness (QED) is 0.322. The summed E-state index contributed by atoms with van der Waals surface area (Å²) in [6.07, 6.45) is 8.36. The molecule has 1 heterocycles. The third-order valence-electron chi connectivity index (χ3n) is 8.83. The molecule has 1 aromatic heterocycles. The first kappa shape index (κ1) is 25.3. The molecule has 2 aliphatic carbocycles. The minimum atomic E-state index is -0.439. The van der Waals surface area contributed by atoms with Crippen LogP contribution in [0.1, 0.15) is 79.6 Å². The number of aryl methyl sites for hydroxylation is 2. The number of esters is 2. The number of methoxy groups -OCH3 is 1. The largest absolute Gasteiger partial charge is 0.469 e. The van der Waals surface area contributed by atoms with E-state index < -0.39 is 5.41 Å². The summed E-state index contributed by atoms with van der Waals surface area (Å²) >= 11 is 0. The lowest BCUT2D eigenvalue weighted by Gasteiger charge is -2.57. The summed E-state index contributed by atoms with van der Waals surface area (Å²) in [6, 6.07) is 9.32. The lowest BCUT2D eigenvalue weighted by Crippen LogP contribution is -2.53. The molecule has 0 bridgehead atoms. The summed E-state index contributed by atoms with van der Waals surface area (Å²) in [5.74, 6) is 0.867. The number of fused-ring (bicyclic) bond motifs is 1. The second-order valence-corrected chi connectivity index (χ2v) is 10.9. The fourth-order valence-corrected chi connectivity index (χ4v) is 6.88. The van der Waals surface area contributed by atoms with E-state index in [0.29, 0.717) is 17.2 Å². The van der Waals surface area contributed by atoms with Gasteiger partial charge in [-0.2, -0.15) is 0 Å². The molecule has 4 rings (SSSR count). The fourth-order valence-electron chi connectivity index (χ4n) is 6.88. The molecule has 2 aliphatic rings. The Labute approximate surface area is 208 Å². The Hall–Kier alpha value is -2.82. The third-order valence-corrected chi connectivity index (χ3v) is 8.83. The molecule has 2 aromatic rings. The van der Waals surface area contributed by atoms with Crippen LogP contribution in [0, 0.1) is 29.6 Å². The highest BCUT2D eigenvalue weighted by molar-refractivity contribution is 5.89. The van der Waals surface area contributed by atoms with Crippen LogP contribution in [0.25, 0.3) is 0 Å². The highest BCUT2D eigenvalue weighted by atomic mass is 16.5. The van der Waals surface area contributed by atoms with Crippen LogP contribution in [0.4, 0.5) is 0 Å². The van der Waals surface area contributed by atoms with E-state index in [1.54, 1.807) is 18.4 Å². The fraction of sp³-hybridized carbons (Fsp3) is 0.533. The Kier molecular flexibility index (Phi) is 7.25. The number of hydrogen-bond acceptors (Lipinski definition) is 5. The van der Waals surface area contributed by atoms with E-state index in [2.05, 4.69) is 20.4 Å². The van der Waals surface area contributed by atoms with Gasteiger partial charge in [-0.1, -0.05) is 43.2 Å². The lowest BCUT2D eigenvalue weighted by atomic mass is 9.46. The summed E-state index contributed by atoms with van der Waals surface area (Å²) in [6.45, 7) is 11.0. The van der Waals surface area contributed by atoms with Crippen LogP contribution >= 0.6 is 0 Å². The molecule has 0 aliphatic heterocycles. The van der Waals surface area contributed by atoms with Gasteiger partial charge in [0, 0.05) is 0 Å². The molecule has 4 atom stereocenters. The second-order valence-electron chi connectivity index (χ2n) is 10.9. The molecule has 35 heavy (non-hydrogen) atoms. The van der Waals surface area contributed by atoms with E-state index in [9.17, 15) is 9.59 Å². The number of benzene rings is 1. The highest BCUT2D eigenvalue weighted by Crippen LogP contribution is 2.62. The normalized spacial score (nSPS) is 28.3. The van der Waals surface area contributed by atoms with Crippen molar-refractivity contribution < 1.29 is 23.5 Å². The number of carbonyl (C=O) groups excluding carboxylic acids is 2. The van der Waals surface area contributed by atoms with Gasteiger partial charge in [-0.05, 0) is 93.4 Å². The van der Waals surface area contributed by atoms with Crippen molar-refractivity contribution in [2.45, 2.75) is 72.3 Å². The maximum absolute atomic E-state index is 12.8. The maximum Gasteiger partial charge on any atom is 0.338 e. The van der Waals surface area contributed by atoms with Crippen LogP contribution in [0.5, 0.6) is 0 Å².